The molecular formula is C10H12BrF3N2. The number of rotatable bonds is 4. The van der Waals surface area contributed by atoms with Crippen LogP contribution in [0.1, 0.15) is 19.0 Å². The Morgan fingerprint density at radius 2 is 2.12 bits per heavy atom. The van der Waals surface area contributed by atoms with Crippen molar-refractivity contribution in [3.8, 4) is 0 Å². The summed E-state index contributed by atoms with van der Waals surface area (Å²) in [7, 11) is 0. The Morgan fingerprint density at radius 3 is 2.62 bits per heavy atom. The van der Waals surface area contributed by atoms with Crippen molar-refractivity contribution >= 4 is 15.9 Å². The van der Waals surface area contributed by atoms with Gasteiger partial charge in [-0.3, -0.25) is 4.98 Å². The van der Waals surface area contributed by atoms with Crippen LogP contribution in [0.15, 0.2) is 22.8 Å². The predicted octanol–water partition coefficient (Wildman–Crippen LogP) is 3.27. The van der Waals surface area contributed by atoms with E-state index in [1.807, 2.05) is 0 Å². The quantitative estimate of drug-likeness (QED) is 0.922. The highest BCUT2D eigenvalue weighted by Crippen LogP contribution is 2.21. The Morgan fingerprint density at radius 1 is 1.44 bits per heavy atom. The minimum absolute atomic E-state index is 0.338. The van der Waals surface area contributed by atoms with Crippen molar-refractivity contribution in [2.75, 3.05) is 0 Å². The molecule has 0 spiro atoms. The molecule has 0 aliphatic rings. The van der Waals surface area contributed by atoms with E-state index in [1.165, 1.54) is 6.92 Å². The fraction of sp³-hybridized carbons (Fsp3) is 0.500. The summed E-state index contributed by atoms with van der Waals surface area (Å²) in [4.78, 5) is 4.06. The Bertz CT molecular complexity index is 324. The lowest BCUT2D eigenvalue weighted by Crippen LogP contribution is -2.30. The summed E-state index contributed by atoms with van der Waals surface area (Å²) in [5, 5.41) is 2.78. The first kappa shape index (κ1) is 13.4. The van der Waals surface area contributed by atoms with Gasteiger partial charge in [-0.05, 0) is 35.0 Å². The van der Waals surface area contributed by atoms with E-state index in [0.29, 0.717) is 6.54 Å². The molecule has 2 nitrogen and oxygen atoms in total. The highest BCUT2D eigenvalue weighted by Gasteiger charge is 2.29. The molecule has 0 aliphatic carbocycles. The topological polar surface area (TPSA) is 24.9 Å². The van der Waals surface area contributed by atoms with Gasteiger partial charge < -0.3 is 5.32 Å². The fourth-order valence-corrected chi connectivity index (χ4v) is 1.44. The fourth-order valence-electron chi connectivity index (χ4n) is 1.21. The van der Waals surface area contributed by atoms with Crippen LogP contribution in [0.3, 0.4) is 0 Å². The Labute approximate surface area is 100 Å². The van der Waals surface area contributed by atoms with Crippen LogP contribution in [0.25, 0.3) is 0 Å². The monoisotopic (exact) mass is 296 g/mol. The molecule has 1 heterocycles. The van der Waals surface area contributed by atoms with Gasteiger partial charge in [0.2, 0.25) is 0 Å². The smallest absolute Gasteiger partial charge is 0.308 e. The molecule has 1 rings (SSSR count). The highest BCUT2D eigenvalue weighted by atomic mass is 79.9. The molecule has 0 saturated heterocycles. The van der Waals surface area contributed by atoms with Gasteiger partial charge >= 0.3 is 6.18 Å². The third-order valence-electron chi connectivity index (χ3n) is 1.96. The van der Waals surface area contributed by atoms with Crippen LogP contribution in [0.2, 0.25) is 0 Å². The molecule has 1 N–H and O–H groups in total. The summed E-state index contributed by atoms with van der Waals surface area (Å²) >= 11 is 3.23. The molecule has 6 heteroatoms. The maximum Gasteiger partial charge on any atom is 0.390 e. The summed E-state index contributed by atoms with van der Waals surface area (Å²) in [6.07, 6.45) is -3.34. The van der Waals surface area contributed by atoms with Crippen molar-refractivity contribution < 1.29 is 13.2 Å². The number of nitrogens with zero attached hydrogens (tertiary/aromatic N) is 1. The largest absolute Gasteiger partial charge is 0.390 e. The van der Waals surface area contributed by atoms with Crippen LogP contribution < -0.4 is 5.32 Å². The molecule has 0 aromatic carbocycles. The van der Waals surface area contributed by atoms with Crippen molar-refractivity contribution in [3.05, 3.63) is 28.5 Å². The van der Waals surface area contributed by atoms with Gasteiger partial charge in [0.05, 0.1) is 12.1 Å². The maximum absolute atomic E-state index is 12.0. The number of halogens is 4. The number of hydrogen-bond acceptors (Lipinski definition) is 2. The second-order valence-corrected chi connectivity index (χ2v) is 4.48. The van der Waals surface area contributed by atoms with Gasteiger partial charge in [0.15, 0.2) is 0 Å². The average Bonchev–Trinajstić information content (AvgIpc) is 2.14. The molecule has 0 amide bonds. The second kappa shape index (κ2) is 5.63. The van der Waals surface area contributed by atoms with Gasteiger partial charge in [0.25, 0.3) is 0 Å². The van der Waals surface area contributed by atoms with E-state index in [0.717, 1.165) is 10.2 Å². The number of aromatic nitrogens is 1. The molecule has 16 heavy (non-hydrogen) atoms. The minimum Gasteiger partial charge on any atom is -0.308 e. The molecule has 0 saturated carbocycles. The normalized spacial score (nSPS) is 13.8. The first-order valence-corrected chi connectivity index (χ1v) is 5.57. The zero-order valence-corrected chi connectivity index (χ0v) is 10.3. The van der Waals surface area contributed by atoms with Gasteiger partial charge in [-0.15, -0.1) is 0 Å². The zero-order chi connectivity index (χ0) is 12.2. The molecule has 1 atom stereocenters. The van der Waals surface area contributed by atoms with Crippen LogP contribution in [0, 0.1) is 0 Å². The SMILES string of the molecule is CC(CC(F)(F)F)NCc1ccc(Br)cn1. The van der Waals surface area contributed by atoms with Crippen molar-refractivity contribution in [3.63, 3.8) is 0 Å². The van der Waals surface area contributed by atoms with E-state index in [-0.39, 0.29) is 0 Å². The lowest BCUT2D eigenvalue weighted by atomic mass is 10.2. The summed E-state index contributed by atoms with van der Waals surface area (Å²) in [5.41, 5.74) is 0.720. The Kier molecular flexibility index (Phi) is 4.73. The summed E-state index contributed by atoms with van der Waals surface area (Å²) < 4.78 is 36.9. The molecule has 0 bridgehead atoms. The van der Waals surface area contributed by atoms with E-state index in [4.69, 9.17) is 0 Å². The van der Waals surface area contributed by atoms with Crippen molar-refractivity contribution in [2.24, 2.45) is 0 Å². The molecule has 1 unspecified atom stereocenters. The summed E-state index contributed by atoms with van der Waals surface area (Å²) in [5.74, 6) is 0. The molecule has 0 radical (unpaired) electrons. The number of pyridine rings is 1. The van der Waals surface area contributed by atoms with Gasteiger partial charge in [0.1, 0.15) is 0 Å². The van der Waals surface area contributed by atoms with Gasteiger partial charge in [0, 0.05) is 23.3 Å². The van der Waals surface area contributed by atoms with Crippen molar-refractivity contribution in [1.82, 2.24) is 10.3 Å². The van der Waals surface area contributed by atoms with E-state index in [1.54, 1.807) is 18.3 Å². The summed E-state index contributed by atoms with van der Waals surface area (Å²) in [6.45, 7) is 1.84. The predicted molar refractivity (Wildman–Crippen MR) is 58.9 cm³/mol. The third kappa shape index (κ3) is 5.46. The Hall–Kier alpha value is -0.620. The lowest BCUT2D eigenvalue weighted by molar-refractivity contribution is -0.139. The standard InChI is InChI=1S/C10H12BrF3N2/c1-7(4-10(12,13)14)15-6-9-3-2-8(11)5-16-9/h2-3,5,7,15H,4,6H2,1H3. The van der Waals surface area contributed by atoms with Gasteiger partial charge in [-0.2, -0.15) is 13.2 Å². The number of nitrogens with one attached hydrogen (secondary N) is 1. The van der Waals surface area contributed by atoms with Crippen molar-refractivity contribution in [1.29, 1.82) is 0 Å². The minimum atomic E-state index is -4.13. The van der Waals surface area contributed by atoms with E-state index >= 15 is 0 Å². The molecular weight excluding hydrogens is 285 g/mol. The second-order valence-electron chi connectivity index (χ2n) is 3.57. The molecule has 1 aromatic heterocycles. The van der Waals surface area contributed by atoms with Crippen LogP contribution >= 0.6 is 15.9 Å². The van der Waals surface area contributed by atoms with Crippen LogP contribution in [0.4, 0.5) is 13.2 Å². The number of hydrogen-bond donors (Lipinski definition) is 1. The first-order valence-electron chi connectivity index (χ1n) is 4.77. The van der Waals surface area contributed by atoms with Gasteiger partial charge in [-0.1, -0.05) is 0 Å². The third-order valence-corrected chi connectivity index (χ3v) is 2.43. The van der Waals surface area contributed by atoms with Crippen molar-refractivity contribution in [2.45, 2.75) is 32.1 Å². The first-order chi connectivity index (χ1) is 7.37. The zero-order valence-electron chi connectivity index (χ0n) is 8.68. The Balaban J connectivity index is 2.37. The van der Waals surface area contributed by atoms with E-state index in [9.17, 15) is 13.2 Å². The molecule has 1 aromatic rings. The van der Waals surface area contributed by atoms with Gasteiger partial charge in [-0.25, -0.2) is 0 Å². The van der Waals surface area contributed by atoms with Crippen LogP contribution in [-0.4, -0.2) is 17.2 Å². The molecule has 90 valence electrons. The van der Waals surface area contributed by atoms with Crippen LogP contribution in [0.5, 0.6) is 0 Å². The summed E-state index contributed by atoms with van der Waals surface area (Å²) in [6, 6.07) is 2.96. The lowest BCUT2D eigenvalue weighted by Gasteiger charge is -2.15. The van der Waals surface area contributed by atoms with E-state index < -0.39 is 18.6 Å². The average molecular weight is 297 g/mol. The molecule has 0 aliphatic heterocycles. The van der Waals surface area contributed by atoms with Crippen LogP contribution in [-0.2, 0) is 6.54 Å². The van der Waals surface area contributed by atoms with E-state index in [2.05, 4.69) is 26.2 Å². The highest BCUT2D eigenvalue weighted by molar-refractivity contribution is 9.10. The maximum atomic E-state index is 12.0. The molecule has 0 fully saturated rings. The number of alkyl halides is 3.